The van der Waals surface area contributed by atoms with Crippen LogP contribution in [0.25, 0.3) is 6.08 Å². The van der Waals surface area contributed by atoms with Gasteiger partial charge >= 0.3 is 0 Å². The molecule has 11 heteroatoms. The van der Waals surface area contributed by atoms with Crippen LogP contribution in [-0.4, -0.2) is 78.2 Å². The summed E-state index contributed by atoms with van der Waals surface area (Å²) >= 11 is 0. The van der Waals surface area contributed by atoms with Gasteiger partial charge in [-0.25, -0.2) is 0 Å². The van der Waals surface area contributed by atoms with Crippen molar-refractivity contribution < 1.29 is 55.1 Å². The average molecular weight is 450 g/mol. The summed E-state index contributed by atoms with van der Waals surface area (Å²) in [6.45, 7) is -0.654. The van der Waals surface area contributed by atoms with Crippen molar-refractivity contribution in [2.45, 2.75) is 36.8 Å². The zero-order valence-electron chi connectivity index (χ0n) is 16.4. The van der Waals surface area contributed by atoms with Gasteiger partial charge in [-0.15, -0.1) is 0 Å². The summed E-state index contributed by atoms with van der Waals surface area (Å²) in [6.07, 6.45) is -7.43. The number of benzene rings is 2. The molecule has 1 saturated heterocycles. The van der Waals surface area contributed by atoms with Crippen molar-refractivity contribution >= 4 is 6.08 Å². The maximum absolute atomic E-state index is 10.3. The predicted octanol–water partition coefficient (Wildman–Crippen LogP) is -0.200. The van der Waals surface area contributed by atoms with Crippen LogP contribution in [0.1, 0.15) is 17.2 Å². The molecule has 0 amide bonds. The van der Waals surface area contributed by atoms with Crippen LogP contribution in [0.3, 0.4) is 0 Å². The highest BCUT2D eigenvalue weighted by Gasteiger charge is 2.46. The first-order chi connectivity index (χ1) is 15.2. The Morgan fingerprint density at radius 2 is 1.56 bits per heavy atom. The van der Waals surface area contributed by atoms with Gasteiger partial charge in [0.05, 0.1) is 12.2 Å². The quantitative estimate of drug-likeness (QED) is 0.288. The van der Waals surface area contributed by atoms with Gasteiger partial charge < -0.3 is 55.1 Å². The second kappa shape index (κ2) is 8.37. The van der Waals surface area contributed by atoms with E-state index >= 15 is 0 Å². The van der Waals surface area contributed by atoms with Crippen LogP contribution in [0.2, 0.25) is 0 Å². The Kier molecular flexibility index (Phi) is 5.75. The maximum Gasteiger partial charge on any atom is 0.228 e. The third kappa shape index (κ3) is 3.76. The standard InChI is InChI=1S/C21H22O11/c22-7-14-17(27)18(28)19(29)21(32-14)31-13-5-10-12(6-11(24)16(26)15(10)25)30-20(13)8-1-3-9(23)4-2-8/h1-6,14,17-29H,7H2. The first kappa shape index (κ1) is 22.0. The molecule has 6 unspecified atom stereocenters. The lowest BCUT2D eigenvalue weighted by Gasteiger charge is -2.41. The molecule has 2 aliphatic heterocycles. The molecule has 0 aliphatic carbocycles. The molecule has 172 valence electrons. The fraction of sp³-hybridized carbons (Fsp3) is 0.333. The maximum atomic E-state index is 10.3. The van der Waals surface area contributed by atoms with E-state index in [2.05, 4.69) is 0 Å². The second-order valence-corrected chi connectivity index (χ2v) is 7.46. The normalized spacial score (nSPS) is 29.6. The molecule has 2 heterocycles. The molecule has 32 heavy (non-hydrogen) atoms. The zero-order chi connectivity index (χ0) is 23.2. The summed E-state index contributed by atoms with van der Waals surface area (Å²) < 4.78 is 17.0. The lowest BCUT2D eigenvalue weighted by atomic mass is 9.98. The van der Waals surface area contributed by atoms with Crippen molar-refractivity contribution in [1.29, 1.82) is 0 Å². The topological polar surface area (TPSA) is 190 Å². The van der Waals surface area contributed by atoms with Crippen LogP contribution >= 0.6 is 0 Å². The largest absolute Gasteiger partial charge is 0.508 e. The molecular weight excluding hydrogens is 428 g/mol. The highest BCUT2D eigenvalue weighted by Crippen LogP contribution is 2.49. The van der Waals surface area contributed by atoms with Gasteiger partial charge in [0.25, 0.3) is 0 Å². The summed E-state index contributed by atoms with van der Waals surface area (Å²) in [7, 11) is 0. The zero-order valence-corrected chi connectivity index (χ0v) is 16.4. The average Bonchev–Trinajstić information content (AvgIpc) is 2.78. The molecule has 1 fully saturated rings. The smallest absolute Gasteiger partial charge is 0.228 e. The number of aliphatic hydroxyl groups excluding tert-OH is 4. The van der Waals surface area contributed by atoms with E-state index in [-0.39, 0.29) is 22.8 Å². The number of aromatic hydroxyl groups is 4. The highest BCUT2D eigenvalue weighted by atomic mass is 16.7. The van der Waals surface area contributed by atoms with Crippen molar-refractivity contribution in [3.05, 3.63) is 47.2 Å². The molecule has 0 saturated carbocycles. The number of aliphatic hydroxyl groups is 4. The molecule has 11 nitrogen and oxygen atoms in total. The van der Waals surface area contributed by atoms with Crippen LogP contribution < -0.4 is 4.74 Å². The molecule has 4 rings (SSSR count). The number of hydrogen-bond donors (Lipinski definition) is 8. The number of phenolic OH excluding ortho intramolecular Hbond substituents is 4. The Hall–Kier alpha value is -3.22. The lowest BCUT2D eigenvalue weighted by molar-refractivity contribution is -0.293. The fourth-order valence-corrected chi connectivity index (χ4v) is 3.55. The van der Waals surface area contributed by atoms with Crippen molar-refractivity contribution in [3.8, 4) is 28.7 Å². The van der Waals surface area contributed by atoms with Gasteiger partial charge in [0.1, 0.15) is 41.7 Å². The molecule has 2 aromatic rings. The Bertz CT molecular complexity index is 1020. The molecule has 0 radical (unpaired) electrons. The summed E-state index contributed by atoms with van der Waals surface area (Å²) in [5.41, 5.74) is 0.436. The molecule has 6 atom stereocenters. The van der Waals surface area contributed by atoms with E-state index in [4.69, 9.17) is 14.2 Å². The van der Waals surface area contributed by atoms with E-state index in [0.29, 0.717) is 5.56 Å². The molecule has 2 aliphatic rings. The lowest BCUT2D eigenvalue weighted by Crippen LogP contribution is -2.59. The van der Waals surface area contributed by atoms with E-state index < -0.39 is 60.7 Å². The number of fused-ring (bicyclic) bond motifs is 1. The minimum atomic E-state index is -1.70. The van der Waals surface area contributed by atoms with Gasteiger partial charge in [-0.05, 0) is 18.2 Å². The number of ether oxygens (including phenoxy) is 3. The Morgan fingerprint density at radius 3 is 2.22 bits per heavy atom. The minimum Gasteiger partial charge on any atom is -0.508 e. The van der Waals surface area contributed by atoms with Crippen LogP contribution in [0, 0.1) is 0 Å². The van der Waals surface area contributed by atoms with E-state index in [9.17, 15) is 40.9 Å². The summed E-state index contributed by atoms with van der Waals surface area (Å²) in [6, 6.07) is 6.93. The van der Waals surface area contributed by atoms with Crippen LogP contribution in [0.15, 0.2) is 36.1 Å². The van der Waals surface area contributed by atoms with E-state index in [1.54, 1.807) is 0 Å². The van der Waals surface area contributed by atoms with E-state index in [0.717, 1.165) is 6.07 Å². The number of phenols is 4. The summed E-state index contributed by atoms with van der Waals surface area (Å²) in [5.74, 6) is -2.11. The van der Waals surface area contributed by atoms with Crippen molar-refractivity contribution in [1.82, 2.24) is 0 Å². The monoisotopic (exact) mass is 450 g/mol. The van der Waals surface area contributed by atoms with Gasteiger partial charge in [-0.2, -0.15) is 0 Å². The van der Waals surface area contributed by atoms with Crippen molar-refractivity contribution in [2.24, 2.45) is 0 Å². The second-order valence-electron chi connectivity index (χ2n) is 7.46. The molecule has 0 bridgehead atoms. The Balaban J connectivity index is 1.75. The van der Waals surface area contributed by atoms with Crippen molar-refractivity contribution in [3.63, 3.8) is 0 Å². The van der Waals surface area contributed by atoms with Gasteiger partial charge in [-0.3, -0.25) is 0 Å². The molecule has 0 spiro atoms. The van der Waals surface area contributed by atoms with Crippen LogP contribution in [0.5, 0.6) is 28.7 Å². The number of hydrogen-bond acceptors (Lipinski definition) is 11. The van der Waals surface area contributed by atoms with Gasteiger partial charge in [0.2, 0.25) is 12.0 Å². The Morgan fingerprint density at radius 1 is 0.875 bits per heavy atom. The summed E-state index contributed by atoms with van der Waals surface area (Å²) in [5, 5.41) is 79.2. The van der Waals surface area contributed by atoms with E-state index in [1.165, 1.54) is 30.3 Å². The first-order valence-electron chi connectivity index (χ1n) is 9.63. The Labute approximate surface area is 181 Å². The predicted molar refractivity (Wildman–Crippen MR) is 106 cm³/mol. The first-order valence-corrected chi connectivity index (χ1v) is 9.63. The summed E-state index contributed by atoms with van der Waals surface area (Å²) in [4.78, 5) is 0. The minimum absolute atomic E-state index is 0.00875. The fourth-order valence-electron chi connectivity index (χ4n) is 3.55. The van der Waals surface area contributed by atoms with Crippen LogP contribution in [0.4, 0.5) is 0 Å². The van der Waals surface area contributed by atoms with Gasteiger partial charge in [0, 0.05) is 11.6 Å². The van der Waals surface area contributed by atoms with Crippen LogP contribution in [-0.2, 0) is 9.47 Å². The van der Waals surface area contributed by atoms with Gasteiger partial charge in [0.15, 0.2) is 17.6 Å². The highest BCUT2D eigenvalue weighted by molar-refractivity contribution is 5.74. The van der Waals surface area contributed by atoms with Gasteiger partial charge in [-0.1, -0.05) is 12.1 Å². The molecule has 2 aromatic carbocycles. The molecule has 0 aromatic heterocycles. The third-order valence-electron chi connectivity index (χ3n) is 5.34. The molecule has 8 N–H and O–H groups in total. The number of rotatable bonds is 4. The SMILES string of the molecule is OCC1OC(OC2=Cc3c(cc(O)c(O)c3O)OC2c2ccc(O)cc2)C(O)C(O)C1O. The van der Waals surface area contributed by atoms with Crippen molar-refractivity contribution in [2.75, 3.05) is 6.61 Å². The molecular formula is C21H22O11. The third-order valence-corrected chi connectivity index (χ3v) is 5.34. The van der Waals surface area contributed by atoms with E-state index in [1.807, 2.05) is 0 Å².